The van der Waals surface area contributed by atoms with Gasteiger partial charge in [-0.3, -0.25) is 4.90 Å². The summed E-state index contributed by atoms with van der Waals surface area (Å²) in [5, 5.41) is 3.45. The molecule has 0 saturated carbocycles. The van der Waals surface area contributed by atoms with Crippen molar-refractivity contribution in [1.82, 2.24) is 10.2 Å². The topological polar surface area (TPSA) is 43.0 Å². The molecular weight excluding hydrogens is 376 g/mol. The first kappa shape index (κ1) is 19.0. The molecule has 1 unspecified atom stereocenters. The van der Waals surface area contributed by atoms with Crippen molar-refractivity contribution in [2.45, 2.75) is 12.6 Å². The lowest BCUT2D eigenvalue weighted by Gasteiger charge is -2.35. The monoisotopic (exact) mass is 402 g/mol. The van der Waals surface area contributed by atoms with Crippen LogP contribution in [0, 0.1) is 0 Å². The fraction of sp³-hybridized carbons (Fsp3) is 0.280. The molecule has 0 spiro atoms. The number of hydrogen-bond donors (Lipinski definition) is 1. The normalized spacial score (nSPS) is 16.9. The van der Waals surface area contributed by atoms with Gasteiger partial charge in [0.25, 0.3) is 0 Å². The van der Waals surface area contributed by atoms with Gasteiger partial charge >= 0.3 is 0 Å². The third kappa shape index (κ3) is 4.13. The van der Waals surface area contributed by atoms with E-state index in [0.717, 1.165) is 43.4 Å². The third-order valence-corrected chi connectivity index (χ3v) is 5.67. The van der Waals surface area contributed by atoms with E-state index in [1.165, 1.54) is 16.7 Å². The molecule has 1 saturated heterocycles. The Hall–Kier alpha value is -3.02. The minimum atomic E-state index is 0.171. The van der Waals surface area contributed by atoms with E-state index in [2.05, 4.69) is 58.7 Å². The molecule has 3 aromatic carbocycles. The Morgan fingerprint density at radius 1 is 0.833 bits per heavy atom. The Morgan fingerprint density at radius 2 is 1.57 bits per heavy atom. The van der Waals surface area contributed by atoms with Gasteiger partial charge in [0, 0.05) is 26.2 Å². The van der Waals surface area contributed by atoms with Crippen molar-refractivity contribution >= 4 is 0 Å². The van der Waals surface area contributed by atoms with Gasteiger partial charge in [0.15, 0.2) is 11.5 Å². The maximum atomic E-state index is 5.98. The minimum absolute atomic E-state index is 0.171. The smallest absolute Gasteiger partial charge is 0.231 e. The summed E-state index contributed by atoms with van der Waals surface area (Å²) < 4.78 is 17.1. The zero-order valence-electron chi connectivity index (χ0n) is 16.9. The molecule has 0 aliphatic carbocycles. The summed E-state index contributed by atoms with van der Waals surface area (Å²) in [5.41, 5.74) is 3.64. The number of hydrogen-bond acceptors (Lipinski definition) is 5. The molecule has 5 heteroatoms. The molecule has 0 radical (unpaired) electrons. The molecule has 2 heterocycles. The molecule has 154 valence electrons. The Balaban J connectivity index is 1.38. The van der Waals surface area contributed by atoms with Crippen LogP contribution in [0.25, 0.3) is 0 Å². The summed E-state index contributed by atoms with van der Waals surface area (Å²) in [4.78, 5) is 2.52. The van der Waals surface area contributed by atoms with Crippen LogP contribution >= 0.6 is 0 Å². The molecule has 1 fully saturated rings. The highest BCUT2D eigenvalue weighted by Gasteiger charge is 2.26. The van der Waals surface area contributed by atoms with Gasteiger partial charge in [-0.05, 0) is 41.0 Å². The van der Waals surface area contributed by atoms with E-state index in [1.807, 2.05) is 24.3 Å². The van der Waals surface area contributed by atoms with Crippen molar-refractivity contribution in [2.75, 3.05) is 33.0 Å². The molecule has 0 bridgehead atoms. The average Bonchev–Trinajstić information content (AvgIpc) is 3.28. The van der Waals surface area contributed by atoms with Crippen molar-refractivity contribution in [1.29, 1.82) is 0 Å². The first-order chi connectivity index (χ1) is 14.9. The van der Waals surface area contributed by atoms with Crippen LogP contribution in [0.5, 0.6) is 17.2 Å². The van der Waals surface area contributed by atoms with Crippen molar-refractivity contribution in [3.63, 3.8) is 0 Å². The molecule has 0 aromatic heterocycles. The molecule has 3 aromatic rings. The number of ether oxygens (including phenoxy) is 3. The zero-order chi connectivity index (χ0) is 20.2. The molecule has 5 nitrogen and oxygen atoms in total. The molecule has 1 atom stereocenters. The van der Waals surface area contributed by atoms with Crippen molar-refractivity contribution in [2.24, 2.45) is 0 Å². The first-order valence-electron chi connectivity index (χ1n) is 10.5. The van der Waals surface area contributed by atoms with E-state index in [-0.39, 0.29) is 6.04 Å². The van der Waals surface area contributed by atoms with Crippen LogP contribution in [-0.4, -0.2) is 37.9 Å². The maximum Gasteiger partial charge on any atom is 0.231 e. The van der Waals surface area contributed by atoms with E-state index in [9.17, 15) is 0 Å². The van der Waals surface area contributed by atoms with Crippen molar-refractivity contribution in [3.8, 4) is 17.2 Å². The largest absolute Gasteiger partial charge is 0.489 e. The predicted molar refractivity (Wildman–Crippen MR) is 116 cm³/mol. The van der Waals surface area contributed by atoms with E-state index in [1.54, 1.807) is 0 Å². The van der Waals surface area contributed by atoms with Crippen LogP contribution in [0.1, 0.15) is 22.7 Å². The SMILES string of the molecule is c1ccc(COc2ccc(C(c3ccc4c(c3)OCO4)N3CCNCC3)cc2)cc1. The maximum absolute atomic E-state index is 5.98. The summed E-state index contributed by atoms with van der Waals surface area (Å²) in [5.74, 6) is 2.53. The molecule has 2 aliphatic heterocycles. The van der Waals surface area contributed by atoms with E-state index in [4.69, 9.17) is 14.2 Å². The molecule has 30 heavy (non-hydrogen) atoms. The van der Waals surface area contributed by atoms with Gasteiger partial charge in [-0.2, -0.15) is 0 Å². The Labute approximate surface area is 177 Å². The summed E-state index contributed by atoms with van der Waals surface area (Å²) in [6.45, 7) is 4.88. The number of rotatable bonds is 6. The van der Waals surface area contributed by atoms with Crippen LogP contribution in [0.2, 0.25) is 0 Å². The van der Waals surface area contributed by atoms with Crippen LogP contribution in [0.3, 0.4) is 0 Å². The van der Waals surface area contributed by atoms with Crippen LogP contribution < -0.4 is 19.5 Å². The zero-order valence-corrected chi connectivity index (χ0v) is 16.9. The summed E-state index contributed by atoms with van der Waals surface area (Å²) in [6, 6.07) is 25.2. The minimum Gasteiger partial charge on any atom is -0.489 e. The Morgan fingerprint density at radius 3 is 2.37 bits per heavy atom. The Kier molecular flexibility index (Phi) is 5.55. The number of benzene rings is 3. The van der Waals surface area contributed by atoms with E-state index < -0.39 is 0 Å². The van der Waals surface area contributed by atoms with Gasteiger partial charge in [-0.25, -0.2) is 0 Å². The summed E-state index contributed by atoms with van der Waals surface area (Å²) in [6.07, 6.45) is 0. The lowest BCUT2D eigenvalue weighted by Crippen LogP contribution is -2.45. The predicted octanol–water partition coefficient (Wildman–Crippen LogP) is 3.99. The molecule has 1 N–H and O–H groups in total. The highest BCUT2D eigenvalue weighted by molar-refractivity contribution is 5.47. The van der Waals surface area contributed by atoms with Gasteiger partial charge in [-0.15, -0.1) is 0 Å². The second-order valence-corrected chi connectivity index (χ2v) is 7.64. The second-order valence-electron chi connectivity index (χ2n) is 7.64. The van der Waals surface area contributed by atoms with Crippen LogP contribution in [-0.2, 0) is 6.61 Å². The summed E-state index contributed by atoms with van der Waals surface area (Å²) in [7, 11) is 0. The van der Waals surface area contributed by atoms with E-state index in [0.29, 0.717) is 13.4 Å². The van der Waals surface area contributed by atoms with Gasteiger partial charge in [-0.1, -0.05) is 48.5 Å². The quantitative estimate of drug-likeness (QED) is 0.675. The number of nitrogens with zero attached hydrogens (tertiary/aromatic N) is 1. The molecule has 2 aliphatic rings. The Bertz CT molecular complexity index is 969. The third-order valence-electron chi connectivity index (χ3n) is 5.67. The average molecular weight is 402 g/mol. The second kappa shape index (κ2) is 8.78. The van der Waals surface area contributed by atoms with Crippen molar-refractivity contribution < 1.29 is 14.2 Å². The standard InChI is InChI=1S/C25H26N2O3/c1-2-4-19(5-3-1)17-28-22-9-6-20(7-10-22)25(27-14-12-26-13-15-27)21-8-11-23-24(16-21)30-18-29-23/h1-11,16,25-26H,12-15,17-18H2. The van der Waals surface area contributed by atoms with Gasteiger partial charge in [0.2, 0.25) is 6.79 Å². The van der Waals surface area contributed by atoms with E-state index >= 15 is 0 Å². The molecular formula is C25H26N2O3. The van der Waals surface area contributed by atoms with Gasteiger partial charge < -0.3 is 19.5 Å². The molecule has 5 rings (SSSR count). The highest BCUT2D eigenvalue weighted by Crippen LogP contribution is 2.38. The van der Waals surface area contributed by atoms with Crippen LogP contribution in [0.15, 0.2) is 72.8 Å². The lowest BCUT2D eigenvalue weighted by atomic mass is 9.96. The first-order valence-corrected chi connectivity index (χ1v) is 10.5. The fourth-order valence-electron chi connectivity index (χ4n) is 4.12. The van der Waals surface area contributed by atoms with Gasteiger partial charge in [0.1, 0.15) is 12.4 Å². The number of piperazine rings is 1. The molecule has 0 amide bonds. The number of fused-ring (bicyclic) bond motifs is 1. The lowest BCUT2D eigenvalue weighted by molar-refractivity contribution is 0.173. The highest BCUT2D eigenvalue weighted by atomic mass is 16.7. The fourth-order valence-corrected chi connectivity index (χ4v) is 4.12. The summed E-state index contributed by atoms with van der Waals surface area (Å²) >= 11 is 0. The van der Waals surface area contributed by atoms with Gasteiger partial charge in [0.05, 0.1) is 6.04 Å². The van der Waals surface area contributed by atoms with Crippen LogP contribution in [0.4, 0.5) is 0 Å². The number of nitrogens with one attached hydrogen (secondary N) is 1. The van der Waals surface area contributed by atoms with Crippen molar-refractivity contribution in [3.05, 3.63) is 89.5 Å².